The van der Waals surface area contributed by atoms with E-state index in [4.69, 9.17) is 16.7 Å². The number of hydrogen-bond donors (Lipinski definition) is 4. The maximum absolute atomic E-state index is 11.7. The number of halogens is 1. The lowest BCUT2D eigenvalue weighted by Crippen LogP contribution is -2.30. The lowest BCUT2D eigenvalue weighted by Gasteiger charge is -2.09. The van der Waals surface area contributed by atoms with Crippen molar-refractivity contribution in [2.45, 2.75) is 6.42 Å². The van der Waals surface area contributed by atoms with Gasteiger partial charge >= 0.3 is 12.0 Å². The molecule has 110 valence electrons. The predicted molar refractivity (Wildman–Crippen MR) is 77.7 cm³/mol. The van der Waals surface area contributed by atoms with Crippen LogP contribution in [0.4, 0.5) is 10.5 Å². The number of H-pyrrole nitrogens is 1. The number of amides is 2. The number of carboxylic acids is 1. The molecule has 0 unspecified atom stereocenters. The molecule has 0 radical (unpaired) electrons. The van der Waals surface area contributed by atoms with E-state index in [0.717, 1.165) is 5.82 Å². The van der Waals surface area contributed by atoms with Gasteiger partial charge in [-0.05, 0) is 18.2 Å². The van der Waals surface area contributed by atoms with Gasteiger partial charge in [0.2, 0.25) is 0 Å². The molecule has 1 aromatic carbocycles. The van der Waals surface area contributed by atoms with E-state index in [0.29, 0.717) is 13.0 Å². The van der Waals surface area contributed by atoms with Crippen LogP contribution >= 0.6 is 11.6 Å². The molecule has 0 aliphatic carbocycles. The molecule has 2 amide bonds. The molecule has 0 saturated heterocycles. The van der Waals surface area contributed by atoms with E-state index in [-0.39, 0.29) is 16.3 Å². The van der Waals surface area contributed by atoms with E-state index >= 15 is 0 Å². The molecule has 7 nitrogen and oxygen atoms in total. The van der Waals surface area contributed by atoms with Crippen LogP contribution in [0.5, 0.6) is 0 Å². The molecule has 21 heavy (non-hydrogen) atoms. The second-order valence-corrected chi connectivity index (χ2v) is 4.57. The number of aromatic amines is 1. The average Bonchev–Trinajstić information content (AvgIpc) is 2.94. The van der Waals surface area contributed by atoms with Gasteiger partial charge in [0.15, 0.2) is 0 Å². The summed E-state index contributed by atoms with van der Waals surface area (Å²) in [6.07, 6.45) is 3.89. The highest BCUT2D eigenvalue weighted by Crippen LogP contribution is 2.22. The number of aromatic nitrogens is 2. The van der Waals surface area contributed by atoms with E-state index in [2.05, 4.69) is 20.6 Å². The van der Waals surface area contributed by atoms with E-state index in [9.17, 15) is 9.59 Å². The van der Waals surface area contributed by atoms with Crippen LogP contribution in [0.25, 0.3) is 0 Å². The van der Waals surface area contributed by atoms with E-state index in [1.165, 1.54) is 18.2 Å². The minimum Gasteiger partial charge on any atom is -0.478 e. The Morgan fingerprint density at radius 2 is 2.19 bits per heavy atom. The lowest BCUT2D eigenvalue weighted by atomic mass is 10.2. The highest BCUT2D eigenvalue weighted by atomic mass is 35.5. The van der Waals surface area contributed by atoms with Crippen LogP contribution in [0.2, 0.25) is 5.02 Å². The number of imidazole rings is 1. The first-order valence-corrected chi connectivity index (χ1v) is 6.50. The van der Waals surface area contributed by atoms with Gasteiger partial charge in [0.1, 0.15) is 5.82 Å². The number of rotatable bonds is 5. The van der Waals surface area contributed by atoms with Gasteiger partial charge in [0.05, 0.1) is 16.3 Å². The van der Waals surface area contributed by atoms with Gasteiger partial charge in [-0.15, -0.1) is 0 Å². The summed E-state index contributed by atoms with van der Waals surface area (Å²) in [6, 6.07) is 3.62. The zero-order valence-electron chi connectivity index (χ0n) is 10.9. The third kappa shape index (κ3) is 4.22. The number of nitrogens with zero attached hydrogens (tertiary/aromatic N) is 1. The molecular formula is C13H13ClN4O3. The number of carbonyl (C=O) groups is 2. The molecule has 0 aliphatic rings. The van der Waals surface area contributed by atoms with Crippen molar-refractivity contribution in [1.29, 1.82) is 0 Å². The van der Waals surface area contributed by atoms with Crippen LogP contribution in [0.1, 0.15) is 16.2 Å². The van der Waals surface area contributed by atoms with Gasteiger partial charge in [-0.2, -0.15) is 0 Å². The highest BCUT2D eigenvalue weighted by molar-refractivity contribution is 6.33. The highest BCUT2D eigenvalue weighted by Gasteiger charge is 2.09. The summed E-state index contributed by atoms with van der Waals surface area (Å²) >= 11 is 5.91. The van der Waals surface area contributed by atoms with Gasteiger partial charge in [-0.25, -0.2) is 14.6 Å². The Morgan fingerprint density at radius 1 is 1.38 bits per heavy atom. The Bertz CT molecular complexity index is 643. The molecule has 0 spiro atoms. The minimum atomic E-state index is -1.09. The minimum absolute atomic E-state index is 0.0466. The number of aromatic carboxylic acids is 1. The summed E-state index contributed by atoms with van der Waals surface area (Å²) in [6.45, 7) is 0.385. The second-order valence-electron chi connectivity index (χ2n) is 4.17. The monoisotopic (exact) mass is 308 g/mol. The average molecular weight is 309 g/mol. The molecule has 4 N–H and O–H groups in total. The molecule has 0 aliphatic heterocycles. The number of benzene rings is 1. The number of urea groups is 1. The number of anilines is 1. The second kappa shape index (κ2) is 6.76. The van der Waals surface area contributed by atoms with Crippen molar-refractivity contribution in [3.8, 4) is 0 Å². The summed E-state index contributed by atoms with van der Waals surface area (Å²) in [5, 5.41) is 14.3. The van der Waals surface area contributed by atoms with Gasteiger partial charge in [0.25, 0.3) is 0 Å². The van der Waals surface area contributed by atoms with Crippen LogP contribution in [-0.4, -0.2) is 33.6 Å². The van der Waals surface area contributed by atoms with Crippen LogP contribution in [0, 0.1) is 0 Å². The van der Waals surface area contributed by atoms with Crippen molar-refractivity contribution in [1.82, 2.24) is 15.3 Å². The maximum Gasteiger partial charge on any atom is 0.335 e. The normalized spacial score (nSPS) is 10.1. The van der Waals surface area contributed by atoms with Gasteiger partial charge in [-0.3, -0.25) is 0 Å². The summed E-state index contributed by atoms with van der Waals surface area (Å²) < 4.78 is 0. The van der Waals surface area contributed by atoms with E-state index in [1.807, 2.05) is 0 Å². The SMILES string of the molecule is O=C(NCCc1ncc[nH]1)Nc1cc(C(=O)O)ccc1Cl. The summed E-state index contributed by atoms with van der Waals surface area (Å²) in [5.41, 5.74) is 0.289. The standard InChI is InChI=1S/C13H13ClN4O3/c14-9-2-1-8(12(19)20)7-10(9)18-13(21)17-4-3-11-15-5-6-16-11/h1-2,5-7H,3-4H2,(H,15,16)(H,19,20)(H2,17,18,21). The van der Waals surface area contributed by atoms with Crippen molar-refractivity contribution in [2.24, 2.45) is 0 Å². The number of hydrogen-bond acceptors (Lipinski definition) is 3. The molecule has 1 aromatic heterocycles. The summed E-state index contributed by atoms with van der Waals surface area (Å²) in [5.74, 6) is -0.325. The first-order chi connectivity index (χ1) is 10.1. The Hall–Kier alpha value is -2.54. The predicted octanol–water partition coefficient (Wildman–Crippen LogP) is 2.13. The maximum atomic E-state index is 11.7. The quantitative estimate of drug-likeness (QED) is 0.678. The first kappa shape index (κ1) is 14.9. The fraction of sp³-hybridized carbons (Fsp3) is 0.154. The van der Waals surface area contributed by atoms with Crippen molar-refractivity contribution in [3.63, 3.8) is 0 Å². The van der Waals surface area contributed by atoms with Gasteiger partial charge < -0.3 is 20.7 Å². The molecule has 1 heterocycles. The summed E-state index contributed by atoms with van der Waals surface area (Å²) in [4.78, 5) is 29.5. The molecule has 2 rings (SSSR count). The van der Waals surface area contributed by atoms with Crippen LogP contribution in [0.15, 0.2) is 30.6 Å². The number of nitrogens with one attached hydrogen (secondary N) is 3. The molecule has 0 fully saturated rings. The first-order valence-electron chi connectivity index (χ1n) is 6.12. The van der Waals surface area contributed by atoms with Gasteiger partial charge in [0, 0.05) is 25.4 Å². The largest absolute Gasteiger partial charge is 0.478 e. The third-order valence-electron chi connectivity index (χ3n) is 2.66. The Kier molecular flexibility index (Phi) is 4.78. The number of carbonyl (C=O) groups excluding carboxylic acids is 1. The Balaban J connectivity index is 1.90. The number of carboxylic acid groups (broad SMARTS) is 1. The molecule has 0 saturated carbocycles. The molecule has 2 aromatic rings. The fourth-order valence-corrected chi connectivity index (χ4v) is 1.81. The topological polar surface area (TPSA) is 107 Å². The molecular weight excluding hydrogens is 296 g/mol. The fourth-order valence-electron chi connectivity index (χ4n) is 1.65. The molecule has 0 bridgehead atoms. The van der Waals surface area contributed by atoms with Crippen LogP contribution in [0.3, 0.4) is 0 Å². The van der Waals surface area contributed by atoms with Crippen molar-refractivity contribution >= 4 is 29.3 Å². The van der Waals surface area contributed by atoms with Crippen molar-refractivity contribution in [2.75, 3.05) is 11.9 Å². The van der Waals surface area contributed by atoms with Crippen LogP contribution < -0.4 is 10.6 Å². The zero-order valence-corrected chi connectivity index (χ0v) is 11.6. The van der Waals surface area contributed by atoms with Gasteiger partial charge in [-0.1, -0.05) is 11.6 Å². The smallest absolute Gasteiger partial charge is 0.335 e. The van der Waals surface area contributed by atoms with Crippen LogP contribution in [-0.2, 0) is 6.42 Å². The molecule has 8 heteroatoms. The summed E-state index contributed by atoms with van der Waals surface area (Å²) in [7, 11) is 0. The van der Waals surface area contributed by atoms with E-state index < -0.39 is 12.0 Å². The third-order valence-corrected chi connectivity index (χ3v) is 2.99. The lowest BCUT2D eigenvalue weighted by molar-refractivity contribution is 0.0697. The Morgan fingerprint density at radius 3 is 2.86 bits per heavy atom. The van der Waals surface area contributed by atoms with E-state index in [1.54, 1.807) is 12.4 Å². The van der Waals surface area contributed by atoms with Crippen molar-refractivity contribution in [3.05, 3.63) is 47.0 Å². The Labute approximate surface area is 125 Å². The van der Waals surface area contributed by atoms with Crippen molar-refractivity contribution < 1.29 is 14.7 Å². The molecule has 0 atom stereocenters. The zero-order chi connectivity index (χ0) is 15.2.